The Morgan fingerprint density at radius 3 is 2.00 bits per heavy atom. The van der Waals surface area contributed by atoms with Crippen LogP contribution >= 0.6 is 23.2 Å². The number of piperazine rings is 1. The molecule has 2 aliphatic heterocycles. The van der Waals surface area contributed by atoms with Crippen LogP contribution in [-0.4, -0.2) is 67.1 Å². The molecule has 2 aliphatic rings. The third-order valence-electron chi connectivity index (χ3n) is 6.58. The van der Waals surface area contributed by atoms with Gasteiger partial charge in [0, 0.05) is 49.3 Å². The van der Waals surface area contributed by atoms with Gasteiger partial charge in [-0.1, -0.05) is 53.5 Å². The molecule has 1 atom stereocenters. The first-order valence-corrected chi connectivity index (χ1v) is 12.9. The molecular weight excluding hydrogens is 499 g/mol. The molecule has 0 saturated carbocycles. The summed E-state index contributed by atoms with van der Waals surface area (Å²) in [5.74, 6) is 1.64. The predicted octanol–water partition coefficient (Wildman–Crippen LogP) is 5.01. The minimum Gasteiger partial charge on any atom is -0.454 e. The lowest BCUT2D eigenvalue weighted by atomic mass is 10.0. The van der Waals surface area contributed by atoms with Crippen molar-refractivity contribution < 1.29 is 19.3 Å². The van der Waals surface area contributed by atoms with Gasteiger partial charge in [0.05, 0.1) is 12.7 Å². The Hall–Kier alpha value is -2.32. The molecule has 0 spiro atoms. The number of fused-ring (bicyclic) bond motifs is 1. The van der Waals surface area contributed by atoms with Crippen LogP contribution in [0.25, 0.3) is 0 Å². The van der Waals surface area contributed by atoms with Crippen LogP contribution in [-0.2, 0) is 11.3 Å². The van der Waals surface area contributed by atoms with E-state index in [1.807, 2.05) is 54.6 Å². The average Bonchev–Trinajstić information content (AvgIpc) is 3.35. The van der Waals surface area contributed by atoms with Crippen LogP contribution < -0.4 is 9.47 Å². The van der Waals surface area contributed by atoms with Crippen molar-refractivity contribution in [1.82, 2.24) is 9.80 Å². The fraction of sp³-hybridized carbons (Fsp3) is 0.357. The highest BCUT2D eigenvalue weighted by Crippen LogP contribution is 2.33. The van der Waals surface area contributed by atoms with Crippen LogP contribution in [0.2, 0.25) is 10.0 Å². The number of hydrogen-bond donors (Lipinski definition) is 1. The average molecular weight is 529 g/mol. The van der Waals surface area contributed by atoms with Gasteiger partial charge in [-0.15, -0.1) is 0 Å². The van der Waals surface area contributed by atoms with Crippen LogP contribution in [0.3, 0.4) is 0 Å². The quantitative estimate of drug-likeness (QED) is 0.421. The standard InChI is InChI=1S/C28H30Cl2N2O4/c29-23-6-2-21(3-7-23)28(22-4-8-24(30)9-5-22)34-18-25(33)17-32-13-11-31(12-14-32)16-20-1-10-26-27(15-20)36-19-35-26/h1-10,15,25,28,33H,11-14,16-19H2/t25-/m1/s1. The minimum absolute atomic E-state index is 0.229. The van der Waals surface area contributed by atoms with E-state index in [1.165, 1.54) is 5.56 Å². The number of β-amino-alcohol motifs (C(OH)–C–C–N with tert-alkyl or cyclic N) is 1. The first-order chi connectivity index (χ1) is 17.5. The highest BCUT2D eigenvalue weighted by molar-refractivity contribution is 6.30. The van der Waals surface area contributed by atoms with Crippen molar-refractivity contribution in [3.8, 4) is 11.5 Å². The number of halogens is 2. The maximum atomic E-state index is 10.8. The Kier molecular flexibility index (Phi) is 8.32. The molecule has 0 aliphatic carbocycles. The van der Waals surface area contributed by atoms with Gasteiger partial charge < -0.3 is 19.3 Å². The van der Waals surface area contributed by atoms with Crippen molar-refractivity contribution in [2.75, 3.05) is 46.1 Å². The number of ether oxygens (including phenoxy) is 3. The van der Waals surface area contributed by atoms with Gasteiger partial charge in [0.2, 0.25) is 6.79 Å². The summed E-state index contributed by atoms with van der Waals surface area (Å²) in [5.41, 5.74) is 3.17. The number of rotatable bonds is 9. The minimum atomic E-state index is -0.590. The molecule has 1 saturated heterocycles. The SMILES string of the molecule is O[C@@H](COC(c1ccc(Cl)cc1)c1ccc(Cl)cc1)CN1CCN(Cc2ccc3c(c2)OCO3)CC1. The second-order valence-corrected chi connectivity index (χ2v) is 10.1. The van der Waals surface area contributed by atoms with Crippen LogP contribution in [0.15, 0.2) is 66.7 Å². The molecule has 2 heterocycles. The molecule has 3 aromatic rings. The van der Waals surface area contributed by atoms with Gasteiger partial charge in [0.25, 0.3) is 0 Å². The van der Waals surface area contributed by atoms with Crippen molar-refractivity contribution >= 4 is 23.2 Å². The molecular formula is C28H30Cl2N2O4. The van der Waals surface area contributed by atoms with E-state index in [9.17, 15) is 5.11 Å². The van der Waals surface area contributed by atoms with Crippen LogP contribution in [0.5, 0.6) is 11.5 Å². The van der Waals surface area contributed by atoms with E-state index in [1.54, 1.807) is 0 Å². The molecule has 36 heavy (non-hydrogen) atoms. The summed E-state index contributed by atoms with van der Waals surface area (Å²) in [7, 11) is 0. The zero-order valence-electron chi connectivity index (χ0n) is 20.0. The van der Waals surface area contributed by atoms with E-state index < -0.39 is 6.10 Å². The lowest BCUT2D eigenvalue weighted by molar-refractivity contribution is -0.0148. The summed E-state index contributed by atoms with van der Waals surface area (Å²) in [4.78, 5) is 4.72. The van der Waals surface area contributed by atoms with Gasteiger partial charge in [-0.25, -0.2) is 0 Å². The topological polar surface area (TPSA) is 54.4 Å². The molecule has 0 radical (unpaired) electrons. The van der Waals surface area contributed by atoms with Crippen molar-refractivity contribution in [2.24, 2.45) is 0 Å². The third-order valence-corrected chi connectivity index (χ3v) is 7.08. The normalized spacial score (nSPS) is 17.0. The molecule has 8 heteroatoms. The van der Waals surface area contributed by atoms with Crippen molar-refractivity contribution in [3.05, 3.63) is 93.5 Å². The molecule has 5 rings (SSSR count). The summed E-state index contributed by atoms with van der Waals surface area (Å²) in [6.45, 7) is 5.67. The zero-order chi connectivity index (χ0) is 24.9. The van der Waals surface area contributed by atoms with E-state index in [2.05, 4.69) is 21.9 Å². The fourth-order valence-electron chi connectivity index (χ4n) is 4.65. The lowest BCUT2D eigenvalue weighted by Crippen LogP contribution is -2.48. The van der Waals surface area contributed by atoms with Crippen molar-refractivity contribution in [2.45, 2.75) is 18.8 Å². The number of benzene rings is 3. The second-order valence-electron chi connectivity index (χ2n) is 9.23. The highest BCUT2D eigenvalue weighted by atomic mass is 35.5. The predicted molar refractivity (Wildman–Crippen MR) is 141 cm³/mol. The second kappa shape index (κ2) is 11.8. The molecule has 0 aromatic heterocycles. The van der Waals surface area contributed by atoms with Gasteiger partial charge in [-0.2, -0.15) is 0 Å². The van der Waals surface area contributed by atoms with E-state index in [0.717, 1.165) is 55.3 Å². The smallest absolute Gasteiger partial charge is 0.231 e. The third kappa shape index (κ3) is 6.51. The van der Waals surface area contributed by atoms with E-state index in [4.69, 9.17) is 37.4 Å². The molecule has 3 aromatic carbocycles. The van der Waals surface area contributed by atoms with E-state index in [-0.39, 0.29) is 12.7 Å². The van der Waals surface area contributed by atoms with Gasteiger partial charge >= 0.3 is 0 Å². The molecule has 1 N–H and O–H groups in total. The molecule has 190 valence electrons. The Balaban J connectivity index is 1.11. The molecule has 6 nitrogen and oxygen atoms in total. The largest absolute Gasteiger partial charge is 0.454 e. The Morgan fingerprint density at radius 2 is 1.36 bits per heavy atom. The van der Waals surface area contributed by atoms with Gasteiger partial charge in [-0.05, 0) is 53.1 Å². The summed E-state index contributed by atoms with van der Waals surface area (Å²) >= 11 is 12.2. The monoisotopic (exact) mass is 528 g/mol. The zero-order valence-corrected chi connectivity index (χ0v) is 21.5. The van der Waals surface area contributed by atoms with E-state index in [0.29, 0.717) is 23.4 Å². The summed E-state index contributed by atoms with van der Waals surface area (Å²) in [5, 5.41) is 12.1. The van der Waals surface area contributed by atoms with Gasteiger partial charge in [0.15, 0.2) is 11.5 Å². The summed E-state index contributed by atoms with van der Waals surface area (Å²) in [6, 6.07) is 21.3. The Morgan fingerprint density at radius 1 is 0.778 bits per heavy atom. The van der Waals surface area contributed by atoms with Gasteiger partial charge in [0.1, 0.15) is 6.10 Å². The first kappa shape index (κ1) is 25.3. The van der Waals surface area contributed by atoms with Crippen LogP contribution in [0, 0.1) is 0 Å². The maximum Gasteiger partial charge on any atom is 0.231 e. The first-order valence-electron chi connectivity index (χ1n) is 12.2. The summed E-state index contributed by atoms with van der Waals surface area (Å²) < 4.78 is 17.1. The molecule has 1 fully saturated rings. The van der Waals surface area contributed by atoms with Crippen LogP contribution in [0.1, 0.15) is 22.8 Å². The fourth-order valence-corrected chi connectivity index (χ4v) is 4.90. The molecule has 0 unspecified atom stereocenters. The molecule has 0 amide bonds. The van der Waals surface area contributed by atoms with Crippen molar-refractivity contribution in [3.63, 3.8) is 0 Å². The maximum absolute atomic E-state index is 10.8. The highest BCUT2D eigenvalue weighted by Gasteiger charge is 2.22. The number of nitrogens with zero attached hydrogens (tertiary/aromatic N) is 2. The number of hydrogen-bond acceptors (Lipinski definition) is 6. The number of aliphatic hydroxyl groups is 1. The lowest BCUT2D eigenvalue weighted by Gasteiger charge is -2.35. The number of aliphatic hydroxyl groups excluding tert-OH is 1. The van der Waals surface area contributed by atoms with Crippen molar-refractivity contribution in [1.29, 1.82) is 0 Å². The Labute approximate surface area is 221 Å². The molecule has 0 bridgehead atoms. The van der Waals surface area contributed by atoms with Crippen LogP contribution in [0.4, 0.5) is 0 Å². The Bertz CT molecular complexity index is 1090. The summed E-state index contributed by atoms with van der Waals surface area (Å²) in [6.07, 6.45) is -0.903. The van der Waals surface area contributed by atoms with E-state index >= 15 is 0 Å². The van der Waals surface area contributed by atoms with Gasteiger partial charge in [-0.3, -0.25) is 9.80 Å².